The van der Waals surface area contributed by atoms with Crippen LogP contribution in [0.25, 0.3) is 6.08 Å². The van der Waals surface area contributed by atoms with Crippen molar-refractivity contribution in [2.75, 3.05) is 4.72 Å². The molecule has 0 aliphatic carbocycles. The fourth-order valence-electron chi connectivity index (χ4n) is 1.42. The van der Waals surface area contributed by atoms with Crippen LogP contribution in [-0.4, -0.2) is 29.5 Å². The van der Waals surface area contributed by atoms with Gasteiger partial charge in [-0.1, -0.05) is 0 Å². The summed E-state index contributed by atoms with van der Waals surface area (Å²) in [4.78, 5) is 17.9. The van der Waals surface area contributed by atoms with Crippen molar-refractivity contribution in [3.8, 4) is 0 Å². The molecule has 2 aromatic rings. The number of oxazole rings is 1. The highest BCUT2D eigenvalue weighted by Crippen LogP contribution is 2.16. The SMILES string of the molecule is Cc1coc(NS(=O)(=O)c2cncc(/C=C/C(=O)O)c2)n1. The topological polar surface area (TPSA) is 122 Å². The van der Waals surface area contributed by atoms with Crippen molar-refractivity contribution < 1.29 is 22.7 Å². The molecule has 0 atom stereocenters. The lowest BCUT2D eigenvalue weighted by Gasteiger charge is -2.04. The highest BCUT2D eigenvalue weighted by atomic mass is 32.2. The van der Waals surface area contributed by atoms with Crippen LogP contribution in [0.2, 0.25) is 0 Å². The average molecular weight is 309 g/mol. The molecule has 110 valence electrons. The van der Waals surface area contributed by atoms with Gasteiger partial charge in [0.1, 0.15) is 11.2 Å². The molecule has 0 fully saturated rings. The zero-order chi connectivity index (χ0) is 15.5. The van der Waals surface area contributed by atoms with E-state index in [0.29, 0.717) is 11.3 Å². The van der Waals surface area contributed by atoms with Gasteiger partial charge < -0.3 is 9.52 Å². The van der Waals surface area contributed by atoms with E-state index in [1.807, 2.05) is 0 Å². The molecule has 2 N–H and O–H groups in total. The molecule has 9 heteroatoms. The standard InChI is InChI=1S/C12H11N3O5S/c1-8-7-20-12(14-8)15-21(18,19)10-4-9(5-13-6-10)2-3-11(16)17/h2-7H,1H3,(H,14,15)(H,16,17)/b3-2+. The maximum atomic E-state index is 12.1. The van der Waals surface area contributed by atoms with Crippen molar-refractivity contribution in [1.82, 2.24) is 9.97 Å². The highest BCUT2D eigenvalue weighted by Gasteiger charge is 2.17. The Bertz CT molecular complexity index is 795. The second-order valence-corrected chi connectivity index (χ2v) is 5.71. The largest absolute Gasteiger partial charge is 0.478 e. The number of carbonyl (C=O) groups is 1. The van der Waals surface area contributed by atoms with Crippen molar-refractivity contribution in [3.05, 3.63) is 42.1 Å². The van der Waals surface area contributed by atoms with Gasteiger partial charge in [0.15, 0.2) is 0 Å². The lowest BCUT2D eigenvalue weighted by atomic mass is 10.2. The summed E-state index contributed by atoms with van der Waals surface area (Å²) in [6.07, 6.45) is 5.91. The number of pyridine rings is 1. The molecule has 0 amide bonds. The van der Waals surface area contributed by atoms with Crippen LogP contribution in [0.4, 0.5) is 6.01 Å². The molecule has 0 spiro atoms. The molecule has 0 bridgehead atoms. The first-order chi connectivity index (χ1) is 9.87. The number of rotatable bonds is 5. The molecular weight excluding hydrogens is 298 g/mol. The van der Waals surface area contributed by atoms with Gasteiger partial charge in [0.2, 0.25) is 0 Å². The van der Waals surface area contributed by atoms with Gasteiger partial charge in [-0.2, -0.15) is 4.98 Å². The van der Waals surface area contributed by atoms with Gasteiger partial charge in [-0.3, -0.25) is 4.98 Å². The number of nitrogens with zero attached hydrogens (tertiary/aromatic N) is 2. The lowest BCUT2D eigenvalue weighted by Crippen LogP contribution is -2.13. The van der Waals surface area contributed by atoms with Gasteiger partial charge in [-0.05, 0) is 24.6 Å². The summed E-state index contributed by atoms with van der Waals surface area (Å²) in [7, 11) is -3.91. The number of aromatic nitrogens is 2. The summed E-state index contributed by atoms with van der Waals surface area (Å²) in [5, 5.41) is 8.54. The van der Waals surface area contributed by atoms with Crippen LogP contribution in [0, 0.1) is 6.92 Å². The van der Waals surface area contributed by atoms with Crippen molar-refractivity contribution >= 4 is 28.1 Å². The van der Waals surface area contributed by atoms with Crippen LogP contribution in [0.15, 0.2) is 40.1 Å². The van der Waals surface area contributed by atoms with E-state index in [2.05, 4.69) is 14.7 Å². The Morgan fingerprint density at radius 1 is 1.43 bits per heavy atom. The van der Waals surface area contributed by atoms with E-state index < -0.39 is 16.0 Å². The zero-order valence-corrected chi connectivity index (χ0v) is 11.7. The van der Waals surface area contributed by atoms with Crippen molar-refractivity contribution in [1.29, 1.82) is 0 Å². The minimum Gasteiger partial charge on any atom is -0.478 e. The molecule has 0 unspecified atom stereocenters. The number of anilines is 1. The van der Waals surface area contributed by atoms with Crippen molar-refractivity contribution in [3.63, 3.8) is 0 Å². The van der Waals surface area contributed by atoms with Gasteiger partial charge in [-0.25, -0.2) is 17.9 Å². The number of aryl methyl sites for hydroxylation is 1. The zero-order valence-electron chi connectivity index (χ0n) is 10.8. The molecule has 0 aliphatic heterocycles. The number of hydrogen-bond donors (Lipinski definition) is 2. The summed E-state index contributed by atoms with van der Waals surface area (Å²) >= 11 is 0. The van der Waals surface area contributed by atoms with Crippen LogP contribution in [-0.2, 0) is 14.8 Å². The fourth-order valence-corrected chi connectivity index (χ4v) is 2.35. The van der Waals surface area contributed by atoms with Gasteiger partial charge in [-0.15, -0.1) is 0 Å². The molecule has 0 radical (unpaired) electrons. The summed E-state index contributed by atoms with van der Waals surface area (Å²) in [5.74, 6) is -1.14. The fraction of sp³-hybridized carbons (Fsp3) is 0.0833. The maximum Gasteiger partial charge on any atom is 0.328 e. The van der Waals surface area contributed by atoms with E-state index in [-0.39, 0.29) is 10.9 Å². The normalized spacial score (nSPS) is 11.7. The molecule has 2 aromatic heterocycles. The van der Waals surface area contributed by atoms with Crippen LogP contribution >= 0.6 is 0 Å². The van der Waals surface area contributed by atoms with Gasteiger partial charge >= 0.3 is 12.0 Å². The summed E-state index contributed by atoms with van der Waals surface area (Å²) in [5.41, 5.74) is 0.868. The summed E-state index contributed by atoms with van der Waals surface area (Å²) in [6.45, 7) is 1.65. The highest BCUT2D eigenvalue weighted by molar-refractivity contribution is 7.92. The van der Waals surface area contributed by atoms with E-state index in [0.717, 1.165) is 12.3 Å². The number of carboxylic acid groups (broad SMARTS) is 1. The van der Waals surface area contributed by atoms with Crippen LogP contribution in [0.3, 0.4) is 0 Å². The third-order valence-corrected chi connectivity index (χ3v) is 3.59. The first kappa shape index (κ1) is 14.7. The number of sulfonamides is 1. The second kappa shape index (κ2) is 5.75. The number of aliphatic carboxylic acids is 1. The molecule has 0 aromatic carbocycles. The Hall–Kier alpha value is -2.68. The predicted molar refractivity (Wildman–Crippen MR) is 73.0 cm³/mol. The predicted octanol–water partition coefficient (Wildman–Crippen LogP) is 1.28. The molecule has 0 saturated heterocycles. The first-order valence-corrected chi connectivity index (χ1v) is 7.16. The van der Waals surface area contributed by atoms with Crippen LogP contribution < -0.4 is 4.72 Å². The minimum atomic E-state index is -3.91. The number of nitrogens with one attached hydrogen (secondary N) is 1. The lowest BCUT2D eigenvalue weighted by molar-refractivity contribution is -0.131. The van der Waals surface area contributed by atoms with E-state index in [9.17, 15) is 13.2 Å². The van der Waals surface area contributed by atoms with E-state index in [4.69, 9.17) is 9.52 Å². The van der Waals surface area contributed by atoms with Gasteiger partial charge in [0.25, 0.3) is 10.0 Å². The Morgan fingerprint density at radius 3 is 2.81 bits per heavy atom. The molecule has 2 heterocycles. The second-order valence-electron chi connectivity index (χ2n) is 4.03. The molecule has 21 heavy (non-hydrogen) atoms. The van der Waals surface area contributed by atoms with E-state index in [1.165, 1.54) is 24.6 Å². The smallest absolute Gasteiger partial charge is 0.328 e. The number of carboxylic acids is 1. The average Bonchev–Trinajstić information content (AvgIpc) is 2.81. The Morgan fingerprint density at radius 2 is 2.19 bits per heavy atom. The van der Waals surface area contributed by atoms with Crippen molar-refractivity contribution in [2.24, 2.45) is 0 Å². The molecule has 2 rings (SSSR count). The first-order valence-electron chi connectivity index (χ1n) is 5.68. The Labute approximate surface area is 120 Å². The van der Waals surface area contributed by atoms with Gasteiger partial charge in [0, 0.05) is 18.5 Å². The number of hydrogen-bond acceptors (Lipinski definition) is 6. The van der Waals surface area contributed by atoms with E-state index in [1.54, 1.807) is 6.92 Å². The molecular formula is C12H11N3O5S. The summed E-state index contributed by atoms with van der Waals surface area (Å²) in [6, 6.07) is 1.13. The Kier molecular flexibility index (Phi) is 4.03. The molecule has 0 saturated carbocycles. The minimum absolute atomic E-state index is 0.133. The molecule has 0 aliphatic rings. The quantitative estimate of drug-likeness (QED) is 0.797. The monoisotopic (exact) mass is 309 g/mol. The van der Waals surface area contributed by atoms with Crippen molar-refractivity contribution in [2.45, 2.75) is 11.8 Å². The molecule has 8 nitrogen and oxygen atoms in total. The van der Waals surface area contributed by atoms with Gasteiger partial charge in [0.05, 0.1) is 5.69 Å². The third kappa shape index (κ3) is 3.89. The van der Waals surface area contributed by atoms with Crippen LogP contribution in [0.5, 0.6) is 0 Å². The Balaban J connectivity index is 2.27. The van der Waals surface area contributed by atoms with Crippen LogP contribution in [0.1, 0.15) is 11.3 Å². The third-order valence-electron chi connectivity index (χ3n) is 2.30. The van der Waals surface area contributed by atoms with E-state index >= 15 is 0 Å². The summed E-state index contributed by atoms with van der Waals surface area (Å²) < 4.78 is 31.3. The maximum absolute atomic E-state index is 12.1.